The van der Waals surface area contributed by atoms with E-state index in [1.54, 1.807) is 0 Å². The summed E-state index contributed by atoms with van der Waals surface area (Å²) in [5.74, 6) is 0. The second-order valence-electron chi connectivity index (χ2n) is 2.23. The summed E-state index contributed by atoms with van der Waals surface area (Å²) in [5.41, 5.74) is 0.292. The SMILES string of the molecule is O=C(Cl)C1=CCC(F)(Cl)C=C1. The largest absolute Gasteiger partial charge is 0.276 e. The van der Waals surface area contributed by atoms with Crippen molar-refractivity contribution in [1.82, 2.24) is 0 Å². The first-order valence-electron chi connectivity index (χ1n) is 2.98. The van der Waals surface area contributed by atoms with E-state index in [0.29, 0.717) is 5.57 Å². The predicted molar refractivity (Wildman–Crippen MR) is 42.4 cm³/mol. The molecule has 0 aromatic carbocycles. The topological polar surface area (TPSA) is 17.1 Å². The Morgan fingerprint density at radius 2 is 2.36 bits per heavy atom. The van der Waals surface area contributed by atoms with Gasteiger partial charge in [-0.25, -0.2) is 4.39 Å². The number of alkyl halides is 2. The molecule has 0 spiro atoms. The highest BCUT2D eigenvalue weighted by molar-refractivity contribution is 6.68. The first-order chi connectivity index (χ1) is 5.01. The minimum Gasteiger partial charge on any atom is -0.276 e. The van der Waals surface area contributed by atoms with Crippen molar-refractivity contribution < 1.29 is 9.18 Å². The van der Waals surface area contributed by atoms with Gasteiger partial charge in [-0.15, -0.1) is 0 Å². The van der Waals surface area contributed by atoms with Crippen LogP contribution in [-0.4, -0.2) is 10.4 Å². The number of rotatable bonds is 1. The number of carbonyl (C=O) groups excluding carboxylic acids is 1. The Morgan fingerprint density at radius 1 is 1.73 bits per heavy atom. The third-order valence-corrected chi connectivity index (χ3v) is 1.83. The van der Waals surface area contributed by atoms with Gasteiger partial charge in [0.1, 0.15) is 0 Å². The molecule has 4 heteroatoms. The van der Waals surface area contributed by atoms with Gasteiger partial charge in [0.25, 0.3) is 5.24 Å². The molecular formula is C7H5Cl2FO. The van der Waals surface area contributed by atoms with E-state index in [-0.39, 0.29) is 6.42 Å². The molecule has 0 saturated carbocycles. The normalized spacial score (nSPS) is 29.9. The summed E-state index contributed by atoms with van der Waals surface area (Å²) < 4.78 is 12.8. The van der Waals surface area contributed by atoms with E-state index in [1.807, 2.05) is 0 Å². The van der Waals surface area contributed by atoms with Gasteiger partial charge in [0, 0.05) is 12.0 Å². The molecule has 0 aliphatic heterocycles. The van der Waals surface area contributed by atoms with Crippen molar-refractivity contribution in [3.8, 4) is 0 Å². The number of halogens is 3. The molecule has 0 aromatic heterocycles. The molecule has 0 N–H and O–H groups in total. The van der Waals surface area contributed by atoms with Crippen LogP contribution in [0.3, 0.4) is 0 Å². The zero-order chi connectivity index (χ0) is 8.48. The fourth-order valence-corrected chi connectivity index (χ4v) is 1.02. The fourth-order valence-electron chi connectivity index (χ4n) is 0.740. The van der Waals surface area contributed by atoms with Gasteiger partial charge in [-0.1, -0.05) is 23.8 Å². The van der Waals surface area contributed by atoms with Crippen molar-refractivity contribution in [2.75, 3.05) is 0 Å². The van der Waals surface area contributed by atoms with E-state index in [2.05, 4.69) is 0 Å². The maximum atomic E-state index is 12.8. The molecule has 1 aliphatic carbocycles. The van der Waals surface area contributed by atoms with Crippen LogP contribution in [0.15, 0.2) is 23.8 Å². The Kier molecular flexibility index (Phi) is 2.35. The number of hydrogen-bond donors (Lipinski definition) is 0. The minimum atomic E-state index is -1.85. The van der Waals surface area contributed by atoms with E-state index >= 15 is 0 Å². The number of carbonyl (C=O) groups is 1. The summed E-state index contributed by atoms with van der Waals surface area (Å²) in [4.78, 5) is 10.5. The molecule has 1 nitrogen and oxygen atoms in total. The first-order valence-corrected chi connectivity index (χ1v) is 3.74. The maximum Gasteiger partial charge on any atom is 0.252 e. The van der Waals surface area contributed by atoms with E-state index in [0.717, 1.165) is 6.08 Å². The molecular weight excluding hydrogens is 190 g/mol. The lowest BCUT2D eigenvalue weighted by atomic mass is 10.1. The van der Waals surface area contributed by atoms with Crippen molar-refractivity contribution in [2.24, 2.45) is 0 Å². The monoisotopic (exact) mass is 194 g/mol. The van der Waals surface area contributed by atoms with Gasteiger partial charge in [0.15, 0.2) is 0 Å². The van der Waals surface area contributed by atoms with Gasteiger partial charge >= 0.3 is 0 Å². The molecule has 11 heavy (non-hydrogen) atoms. The summed E-state index contributed by atoms with van der Waals surface area (Å²) >= 11 is 10.4. The van der Waals surface area contributed by atoms with Crippen LogP contribution in [0.1, 0.15) is 6.42 Å². The molecule has 0 bridgehead atoms. The van der Waals surface area contributed by atoms with Crippen molar-refractivity contribution in [2.45, 2.75) is 11.5 Å². The second kappa shape index (κ2) is 2.95. The molecule has 0 amide bonds. The highest BCUT2D eigenvalue weighted by Crippen LogP contribution is 2.29. The molecule has 0 saturated heterocycles. The molecule has 1 unspecified atom stereocenters. The molecule has 0 fully saturated rings. The van der Waals surface area contributed by atoms with Gasteiger partial charge < -0.3 is 0 Å². The van der Waals surface area contributed by atoms with Crippen molar-refractivity contribution in [1.29, 1.82) is 0 Å². The highest BCUT2D eigenvalue weighted by atomic mass is 35.5. The van der Waals surface area contributed by atoms with Gasteiger partial charge in [-0.2, -0.15) is 0 Å². The number of hydrogen-bond acceptors (Lipinski definition) is 1. The molecule has 60 valence electrons. The zero-order valence-corrected chi connectivity index (χ0v) is 6.99. The van der Waals surface area contributed by atoms with Crippen LogP contribution in [-0.2, 0) is 4.79 Å². The smallest absolute Gasteiger partial charge is 0.252 e. The highest BCUT2D eigenvalue weighted by Gasteiger charge is 2.24. The molecule has 1 atom stereocenters. The average Bonchev–Trinajstić information content (AvgIpc) is 1.86. The quantitative estimate of drug-likeness (QED) is 0.464. The van der Waals surface area contributed by atoms with E-state index in [4.69, 9.17) is 23.2 Å². The summed E-state index contributed by atoms with van der Waals surface area (Å²) in [7, 11) is 0. The van der Waals surface area contributed by atoms with Crippen molar-refractivity contribution in [3.63, 3.8) is 0 Å². The Bertz CT molecular complexity index is 243. The Morgan fingerprint density at radius 3 is 2.73 bits per heavy atom. The second-order valence-corrected chi connectivity index (χ2v) is 3.20. The first kappa shape index (κ1) is 8.75. The third-order valence-electron chi connectivity index (χ3n) is 1.33. The fraction of sp³-hybridized carbons (Fsp3) is 0.286. The van der Waals surface area contributed by atoms with Crippen LogP contribution < -0.4 is 0 Å². The maximum absolute atomic E-state index is 12.8. The predicted octanol–water partition coefficient (Wildman–Crippen LogP) is 2.54. The standard InChI is InChI=1S/C7H5Cl2FO/c8-6(11)5-1-3-7(9,10)4-2-5/h1-3H,4H2. The zero-order valence-electron chi connectivity index (χ0n) is 5.48. The van der Waals surface area contributed by atoms with Crippen LogP contribution in [0.2, 0.25) is 0 Å². The van der Waals surface area contributed by atoms with Gasteiger partial charge in [-0.3, -0.25) is 4.79 Å². The number of allylic oxidation sites excluding steroid dienone is 4. The average molecular weight is 195 g/mol. The Hall–Kier alpha value is -0.340. The summed E-state index contributed by atoms with van der Waals surface area (Å²) in [5, 5.41) is -2.44. The Labute approximate surface area is 73.5 Å². The van der Waals surface area contributed by atoms with Crippen molar-refractivity contribution in [3.05, 3.63) is 23.8 Å². The van der Waals surface area contributed by atoms with Crippen LogP contribution >= 0.6 is 23.2 Å². The molecule has 1 aliphatic rings. The van der Waals surface area contributed by atoms with E-state index < -0.39 is 10.4 Å². The van der Waals surface area contributed by atoms with Gasteiger partial charge in [0.05, 0.1) is 0 Å². The van der Waals surface area contributed by atoms with E-state index in [1.165, 1.54) is 12.2 Å². The lowest BCUT2D eigenvalue weighted by Gasteiger charge is -2.14. The summed E-state index contributed by atoms with van der Waals surface area (Å²) in [6.45, 7) is 0. The summed E-state index contributed by atoms with van der Waals surface area (Å²) in [6.07, 6.45) is 3.76. The lowest BCUT2D eigenvalue weighted by Crippen LogP contribution is -2.12. The molecule has 0 aromatic rings. The van der Waals surface area contributed by atoms with Crippen LogP contribution in [0.4, 0.5) is 4.39 Å². The van der Waals surface area contributed by atoms with Crippen LogP contribution in [0, 0.1) is 0 Å². The van der Waals surface area contributed by atoms with E-state index in [9.17, 15) is 9.18 Å². The molecule has 0 heterocycles. The molecule has 0 radical (unpaired) electrons. The minimum absolute atomic E-state index is 0.0150. The summed E-state index contributed by atoms with van der Waals surface area (Å²) in [6, 6.07) is 0. The van der Waals surface area contributed by atoms with Crippen LogP contribution in [0.5, 0.6) is 0 Å². The third kappa shape index (κ3) is 2.31. The van der Waals surface area contributed by atoms with Crippen molar-refractivity contribution >= 4 is 28.4 Å². The lowest BCUT2D eigenvalue weighted by molar-refractivity contribution is -0.108. The van der Waals surface area contributed by atoms with Gasteiger partial charge in [0.2, 0.25) is 5.13 Å². The van der Waals surface area contributed by atoms with Crippen LogP contribution in [0.25, 0.3) is 0 Å². The molecule has 1 rings (SSSR count). The Balaban J connectivity index is 2.75. The van der Waals surface area contributed by atoms with Gasteiger partial charge in [-0.05, 0) is 17.7 Å².